The Kier molecular flexibility index (Phi) is 7.10. The van der Waals surface area contributed by atoms with Gasteiger partial charge in [-0.05, 0) is 36.4 Å². The van der Waals surface area contributed by atoms with E-state index in [2.05, 4.69) is 67.8 Å². The number of carbonyl (C=O) groups is 1. The van der Waals surface area contributed by atoms with Gasteiger partial charge in [-0.2, -0.15) is 4.98 Å². The van der Waals surface area contributed by atoms with Crippen LogP contribution in [0.4, 0.5) is 11.4 Å². The van der Waals surface area contributed by atoms with Crippen molar-refractivity contribution in [2.24, 2.45) is 0 Å². The van der Waals surface area contributed by atoms with Gasteiger partial charge in [0.1, 0.15) is 6.54 Å². The zero-order chi connectivity index (χ0) is 23.9. The molecule has 2 N–H and O–H groups in total. The molecule has 1 fully saturated rings. The number of aromatic nitrogens is 3. The molecule has 0 bridgehead atoms. The summed E-state index contributed by atoms with van der Waals surface area (Å²) in [6.45, 7) is 5.37. The van der Waals surface area contributed by atoms with Gasteiger partial charge in [-0.3, -0.25) is 9.78 Å². The predicted octanol–water partition coefficient (Wildman–Crippen LogP) is 2.61. The largest absolute Gasteiger partial charge is 0.360 e. The fraction of sp³-hybridized carbons (Fsp3) is 0.259. The minimum atomic E-state index is -0.0838. The highest BCUT2D eigenvalue weighted by atomic mass is 16.5. The van der Waals surface area contributed by atoms with E-state index in [0.717, 1.165) is 44.0 Å². The maximum atomic E-state index is 12.4. The van der Waals surface area contributed by atoms with E-state index in [9.17, 15) is 4.79 Å². The smallest absolute Gasteiger partial charge is 0.227 e. The number of quaternary nitrogens is 1. The van der Waals surface area contributed by atoms with Crippen molar-refractivity contribution in [3.05, 3.63) is 90.6 Å². The van der Waals surface area contributed by atoms with Gasteiger partial charge in [-0.1, -0.05) is 35.5 Å². The molecule has 8 heteroatoms. The van der Waals surface area contributed by atoms with Crippen LogP contribution < -0.4 is 15.1 Å². The molecule has 2 aromatic carbocycles. The first-order valence-electron chi connectivity index (χ1n) is 12.0. The van der Waals surface area contributed by atoms with E-state index in [-0.39, 0.29) is 12.3 Å². The van der Waals surface area contributed by atoms with Gasteiger partial charge in [-0.25, -0.2) is 0 Å². The number of pyridine rings is 1. The SMILES string of the molecule is O=C(CCc1nc(-c2ccncc2)no1)Nc1ccc(N2CC[NH+](Cc3ccccc3)CC2)cc1. The van der Waals surface area contributed by atoms with Crippen LogP contribution in [-0.4, -0.2) is 47.2 Å². The number of nitrogens with zero attached hydrogens (tertiary/aromatic N) is 4. The van der Waals surface area contributed by atoms with Gasteiger partial charge in [-0.15, -0.1) is 0 Å². The standard InChI is InChI=1S/C27H28N6O2/c34-25(10-11-26-30-27(31-35-26)22-12-14-28-15-13-22)29-23-6-8-24(9-7-23)33-18-16-32(17-19-33)20-21-4-2-1-3-5-21/h1-9,12-15H,10-11,16-20H2,(H,29,34)/p+1. The van der Waals surface area contributed by atoms with Gasteiger partial charge in [0, 0.05) is 47.7 Å². The van der Waals surface area contributed by atoms with Crippen LogP contribution in [0.3, 0.4) is 0 Å². The fourth-order valence-corrected chi connectivity index (χ4v) is 4.32. The summed E-state index contributed by atoms with van der Waals surface area (Å²) in [6.07, 6.45) is 4.01. The molecule has 4 aromatic rings. The van der Waals surface area contributed by atoms with E-state index < -0.39 is 0 Å². The molecular formula is C27H29N6O2+. The molecule has 5 rings (SSSR count). The maximum absolute atomic E-state index is 12.4. The molecule has 2 aromatic heterocycles. The molecule has 1 saturated heterocycles. The lowest BCUT2D eigenvalue weighted by Gasteiger charge is -2.33. The first kappa shape index (κ1) is 22.7. The summed E-state index contributed by atoms with van der Waals surface area (Å²) in [5.74, 6) is 0.858. The second kappa shape index (κ2) is 10.9. The van der Waals surface area contributed by atoms with Crippen molar-refractivity contribution in [3.63, 3.8) is 0 Å². The molecule has 1 amide bonds. The zero-order valence-electron chi connectivity index (χ0n) is 19.6. The number of hydrogen-bond acceptors (Lipinski definition) is 6. The molecule has 3 heterocycles. The zero-order valence-corrected chi connectivity index (χ0v) is 19.6. The van der Waals surface area contributed by atoms with E-state index >= 15 is 0 Å². The molecule has 0 unspecified atom stereocenters. The minimum absolute atomic E-state index is 0.0838. The van der Waals surface area contributed by atoms with Crippen LogP contribution in [0.15, 0.2) is 83.6 Å². The predicted molar refractivity (Wildman–Crippen MR) is 134 cm³/mol. The summed E-state index contributed by atoms with van der Waals surface area (Å²) >= 11 is 0. The van der Waals surface area contributed by atoms with Crippen molar-refractivity contribution in [1.82, 2.24) is 15.1 Å². The van der Waals surface area contributed by atoms with Crippen molar-refractivity contribution in [2.45, 2.75) is 19.4 Å². The van der Waals surface area contributed by atoms with E-state index in [1.165, 1.54) is 11.3 Å². The lowest BCUT2D eigenvalue weighted by Crippen LogP contribution is -3.13. The molecule has 0 spiro atoms. The monoisotopic (exact) mass is 469 g/mol. The Morgan fingerprint density at radius 3 is 2.46 bits per heavy atom. The number of nitrogens with one attached hydrogen (secondary N) is 2. The molecule has 178 valence electrons. The van der Waals surface area contributed by atoms with Crippen LogP contribution in [0, 0.1) is 0 Å². The Morgan fingerprint density at radius 1 is 0.971 bits per heavy atom. The fourth-order valence-electron chi connectivity index (χ4n) is 4.32. The quantitative estimate of drug-likeness (QED) is 0.413. The van der Waals surface area contributed by atoms with Gasteiger partial charge in [0.15, 0.2) is 0 Å². The normalized spacial score (nSPS) is 14.1. The van der Waals surface area contributed by atoms with Crippen LogP contribution >= 0.6 is 0 Å². The van der Waals surface area contributed by atoms with Crippen molar-refractivity contribution in [1.29, 1.82) is 0 Å². The van der Waals surface area contributed by atoms with Gasteiger partial charge in [0.25, 0.3) is 0 Å². The first-order valence-corrected chi connectivity index (χ1v) is 12.0. The Bertz CT molecular complexity index is 1220. The van der Waals surface area contributed by atoms with Gasteiger partial charge in [0.2, 0.25) is 17.6 Å². The van der Waals surface area contributed by atoms with Crippen molar-refractivity contribution in [3.8, 4) is 11.4 Å². The third-order valence-corrected chi connectivity index (χ3v) is 6.26. The van der Waals surface area contributed by atoms with E-state index in [4.69, 9.17) is 4.52 Å². The summed E-state index contributed by atoms with van der Waals surface area (Å²) in [4.78, 5) is 24.8. The van der Waals surface area contributed by atoms with Crippen LogP contribution in [0.5, 0.6) is 0 Å². The summed E-state index contributed by atoms with van der Waals surface area (Å²) in [5.41, 5.74) is 4.20. The molecule has 0 atom stereocenters. The average molecular weight is 470 g/mol. The van der Waals surface area contributed by atoms with Crippen molar-refractivity contribution >= 4 is 17.3 Å². The van der Waals surface area contributed by atoms with Crippen LogP contribution in [0.25, 0.3) is 11.4 Å². The summed E-state index contributed by atoms with van der Waals surface area (Å²) in [6, 6.07) is 22.4. The van der Waals surface area contributed by atoms with Crippen LogP contribution in [0.1, 0.15) is 17.9 Å². The third-order valence-electron chi connectivity index (χ3n) is 6.26. The second-order valence-electron chi connectivity index (χ2n) is 8.74. The number of rotatable bonds is 8. The number of hydrogen-bond donors (Lipinski definition) is 2. The Balaban J connectivity index is 1.07. The first-order chi connectivity index (χ1) is 17.2. The topological polar surface area (TPSA) is 88.6 Å². The lowest BCUT2D eigenvalue weighted by atomic mass is 10.2. The molecule has 1 aliphatic heterocycles. The minimum Gasteiger partial charge on any atom is -0.360 e. The molecular weight excluding hydrogens is 440 g/mol. The van der Waals surface area contributed by atoms with Gasteiger partial charge in [0.05, 0.1) is 26.2 Å². The number of benzene rings is 2. The van der Waals surface area contributed by atoms with Crippen molar-refractivity contribution < 1.29 is 14.2 Å². The van der Waals surface area contributed by atoms with Crippen LogP contribution in [-0.2, 0) is 17.8 Å². The Morgan fingerprint density at radius 2 is 1.71 bits per heavy atom. The van der Waals surface area contributed by atoms with Crippen LogP contribution in [0.2, 0.25) is 0 Å². The van der Waals surface area contributed by atoms with E-state index in [1.807, 2.05) is 24.3 Å². The number of amides is 1. The average Bonchev–Trinajstić information content (AvgIpc) is 3.39. The lowest BCUT2D eigenvalue weighted by molar-refractivity contribution is -0.914. The van der Waals surface area contributed by atoms with Crippen molar-refractivity contribution in [2.75, 3.05) is 36.4 Å². The molecule has 0 saturated carbocycles. The highest BCUT2D eigenvalue weighted by Crippen LogP contribution is 2.19. The number of carbonyl (C=O) groups excluding carboxylic acids is 1. The number of anilines is 2. The third kappa shape index (κ3) is 6.10. The Hall–Kier alpha value is -4.04. The van der Waals surface area contributed by atoms with E-state index in [0.29, 0.717) is 18.1 Å². The molecule has 0 radical (unpaired) electrons. The molecule has 0 aliphatic carbocycles. The van der Waals surface area contributed by atoms with E-state index in [1.54, 1.807) is 17.3 Å². The number of aryl methyl sites for hydroxylation is 1. The summed E-state index contributed by atoms with van der Waals surface area (Å²) in [7, 11) is 0. The molecule has 8 nitrogen and oxygen atoms in total. The maximum Gasteiger partial charge on any atom is 0.227 e. The molecule has 35 heavy (non-hydrogen) atoms. The Labute approximate surface area is 204 Å². The summed E-state index contributed by atoms with van der Waals surface area (Å²) in [5, 5.41) is 6.93. The number of piperazine rings is 1. The summed E-state index contributed by atoms with van der Waals surface area (Å²) < 4.78 is 5.27. The van der Waals surface area contributed by atoms with Gasteiger partial charge < -0.3 is 19.6 Å². The van der Waals surface area contributed by atoms with Gasteiger partial charge >= 0.3 is 0 Å². The highest BCUT2D eigenvalue weighted by Gasteiger charge is 2.20. The molecule has 1 aliphatic rings. The highest BCUT2D eigenvalue weighted by molar-refractivity contribution is 5.91. The second-order valence-corrected chi connectivity index (χ2v) is 8.74.